The summed E-state index contributed by atoms with van der Waals surface area (Å²) in [5.41, 5.74) is 0.500. The van der Waals surface area contributed by atoms with E-state index >= 15 is 0 Å². The number of carbonyl (C=O) groups is 2. The van der Waals surface area contributed by atoms with Gasteiger partial charge in [-0.2, -0.15) is 5.26 Å². The molecule has 1 amide bonds. The Balaban J connectivity index is 2.26. The molecule has 1 aliphatic heterocycles. The van der Waals surface area contributed by atoms with Gasteiger partial charge in [-0.1, -0.05) is 30.0 Å². The van der Waals surface area contributed by atoms with E-state index in [1.54, 1.807) is 18.2 Å². The summed E-state index contributed by atoms with van der Waals surface area (Å²) in [7, 11) is 1.27. The van der Waals surface area contributed by atoms with Gasteiger partial charge in [-0.05, 0) is 6.07 Å². The molecule has 0 radical (unpaired) electrons. The van der Waals surface area contributed by atoms with E-state index in [0.29, 0.717) is 9.80 Å². The number of para-hydroxylation sites is 1. The number of phenolic OH excluding ortho intramolecular Hbond substituents is 1. The molecule has 2 rings (SSSR count). The average Bonchev–Trinajstić information content (AvgIpc) is 2.52. The molecule has 8 heteroatoms. The van der Waals surface area contributed by atoms with Crippen LogP contribution in [0.2, 0.25) is 0 Å². The topological polar surface area (TPSA) is 99.4 Å². The van der Waals surface area contributed by atoms with Crippen molar-refractivity contribution in [2.75, 3.05) is 12.9 Å². The van der Waals surface area contributed by atoms with Crippen molar-refractivity contribution < 1.29 is 19.4 Å². The van der Waals surface area contributed by atoms with E-state index in [-0.39, 0.29) is 17.1 Å². The zero-order valence-electron chi connectivity index (χ0n) is 11.5. The van der Waals surface area contributed by atoms with Crippen LogP contribution in [0.15, 0.2) is 34.1 Å². The summed E-state index contributed by atoms with van der Waals surface area (Å²) >= 11 is 2.28. The third kappa shape index (κ3) is 3.55. The van der Waals surface area contributed by atoms with Crippen LogP contribution in [0, 0.1) is 11.3 Å². The van der Waals surface area contributed by atoms with Gasteiger partial charge in [0.05, 0.1) is 17.1 Å². The normalized spacial score (nSPS) is 17.6. The fourth-order valence-electron chi connectivity index (χ4n) is 1.72. The van der Waals surface area contributed by atoms with Gasteiger partial charge in [-0.3, -0.25) is 9.59 Å². The molecule has 0 aromatic heterocycles. The first-order valence-electron chi connectivity index (χ1n) is 6.16. The summed E-state index contributed by atoms with van der Waals surface area (Å²) in [6, 6.07) is 8.47. The number of phenols is 1. The molecule has 0 unspecified atom stereocenters. The van der Waals surface area contributed by atoms with Gasteiger partial charge >= 0.3 is 5.97 Å². The lowest BCUT2D eigenvalue weighted by Crippen LogP contribution is -2.31. The SMILES string of the molecule is COC(=O)CSC1=C(C#N)C(=O)N[C@@H](c2ccccc2O)S1. The molecular weight excluding hydrogens is 324 g/mol. The second kappa shape index (κ2) is 7.24. The largest absolute Gasteiger partial charge is 0.508 e. The molecule has 1 atom stereocenters. The summed E-state index contributed by atoms with van der Waals surface area (Å²) in [4.78, 5) is 23.3. The van der Waals surface area contributed by atoms with Crippen LogP contribution in [-0.4, -0.2) is 29.8 Å². The number of hydrogen-bond acceptors (Lipinski definition) is 7. The number of nitriles is 1. The number of amides is 1. The minimum absolute atomic E-state index is 0.00475. The van der Waals surface area contributed by atoms with Crippen LogP contribution >= 0.6 is 23.5 Å². The highest BCUT2D eigenvalue weighted by Crippen LogP contribution is 2.45. The molecule has 0 fully saturated rings. The predicted molar refractivity (Wildman–Crippen MR) is 83.7 cm³/mol. The van der Waals surface area contributed by atoms with Crippen LogP contribution in [0.25, 0.3) is 0 Å². The van der Waals surface area contributed by atoms with Crippen LogP contribution in [0.4, 0.5) is 0 Å². The van der Waals surface area contributed by atoms with Crippen molar-refractivity contribution in [1.82, 2.24) is 5.32 Å². The molecular formula is C14H12N2O4S2. The number of carbonyl (C=O) groups excluding carboxylic acids is 2. The number of ether oxygens (including phenoxy) is 1. The van der Waals surface area contributed by atoms with Gasteiger partial charge in [0, 0.05) is 5.56 Å². The Labute approximate surface area is 135 Å². The summed E-state index contributed by atoms with van der Waals surface area (Å²) in [6.07, 6.45) is 0. The summed E-state index contributed by atoms with van der Waals surface area (Å²) in [6.45, 7) is 0. The molecule has 0 saturated carbocycles. The molecule has 1 aromatic carbocycles. The highest BCUT2D eigenvalue weighted by atomic mass is 32.2. The zero-order chi connectivity index (χ0) is 16.1. The van der Waals surface area contributed by atoms with Crippen LogP contribution in [0.3, 0.4) is 0 Å². The molecule has 0 spiro atoms. The number of hydrogen-bond donors (Lipinski definition) is 2. The third-order valence-corrected chi connectivity index (χ3v) is 5.31. The van der Waals surface area contributed by atoms with Crippen molar-refractivity contribution in [1.29, 1.82) is 5.26 Å². The van der Waals surface area contributed by atoms with Crippen LogP contribution in [0.1, 0.15) is 10.9 Å². The Kier molecular flexibility index (Phi) is 5.35. The monoisotopic (exact) mass is 336 g/mol. The highest BCUT2D eigenvalue weighted by molar-refractivity contribution is 8.22. The van der Waals surface area contributed by atoms with Gasteiger partial charge in [0.2, 0.25) is 0 Å². The smallest absolute Gasteiger partial charge is 0.316 e. The number of rotatable bonds is 4. The summed E-state index contributed by atoms with van der Waals surface area (Å²) in [5.74, 6) is -0.912. The van der Waals surface area contributed by atoms with Gasteiger partial charge in [-0.25, -0.2) is 0 Å². The zero-order valence-corrected chi connectivity index (χ0v) is 13.2. The Morgan fingerprint density at radius 3 is 2.91 bits per heavy atom. The molecule has 2 N–H and O–H groups in total. The van der Waals surface area contributed by atoms with Crippen molar-refractivity contribution in [2.45, 2.75) is 5.37 Å². The lowest BCUT2D eigenvalue weighted by Gasteiger charge is -2.25. The highest BCUT2D eigenvalue weighted by Gasteiger charge is 2.30. The van der Waals surface area contributed by atoms with E-state index in [4.69, 9.17) is 5.26 Å². The Bertz CT molecular complexity index is 682. The van der Waals surface area contributed by atoms with Crippen molar-refractivity contribution in [3.05, 3.63) is 39.6 Å². The molecule has 1 heterocycles. The first kappa shape index (κ1) is 16.3. The number of aromatic hydroxyl groups is 1. The first-order valence-corrected chi connectivity index (χ1v) is 8.02. The first-order chi connectivity index (χ1) is 10.6. The van der Waals surface area contributed by atoms with Crippen molar-refractivity contribution in [2.24, 2.45) is 0 Å². The number of nitrogens with one attached hydrogen (secondary N) is 1. The van der Waals surface area contributed by atoms with Crippen molar-refractivity contribution in [3.63, 3.8) is 0 Å². The maximum Gasteiger partial charge on any atom is 0.316 e. The van der Waals surface area contributed by atoms with Gasteiger partial charge < -0.3 is 15.2 Å². The fourth-order valence-corrected chi connectivity index (χ4v) is 4.07. The summed E-state index contributed by atoms with van der Waals surface area (Å²) < 4.78 is 4.99. The number of esters is 1. The Morgan fingerprint density at radius 1 is 1.55 bits per heavy atom. The molecule has 6 nitrogen and oxygen atoms in total. The molecule has 1 aromatic rings. The molecule has 114 valence electrons. The van der Waals surface area contributed by atoms with Gasteiger partial charge in [0.25, 0.3) is 5.91 Å². The van der Waals surface area contributed by atoms with Crippen LogP contribution in [-0.2, 0) is 14.3 Å². The maximum absolute atomic E-state index is 12.0. The van der Waals surface area contributed by atoms with Crippen molar-refractivity contribution in [3.8, 4) is 11.8 Å². The minimum Gasteiger partial charge on any atom is -0.508 e. The van der Waals surface area contributed by atoms with Crippen LogP contribution in [0.5, 0.6) is 5.75 Å². The van der Waals surface area contributed by atoms with E-state index < -0.39 is 17.3 Å². The molecule has 0 saturated heterocycles. The van der Waals surface area contributed by atoms with E-state index in [2.05, 4.69) is 10.1 Å². The average molecular weight is 336 g/mol. The number of methoxy groups -OCH3 is 1. The lowest BCUT2D eigenvalue weighted by molar-refractivity contribution is -0.137. The van der Waals surface area contributed by atoms with E-state index in [1.165, 1.54) is 24.9 Å². The molecule has 22 heavy (non-hydrogen) atoms. The molecule has 0 bridgehead atoms. The van der Waals surface area contributed by atoms with Gasteiger partial charge in [-0.15, -0.1) is 11.8 Å². The van der Waals surface area contributed by atoms with Crippen molar-refractivity contribution >= 4 is 35.4 Å². The molecule has 0 aliphatic carbocycles. The number of nitrogens with zero attached hydrogens (tertiary/aromatic N) is 1. The lowest BCUT2D eigenvalue weighted by atomic mass is 10.2. The second-order valence-corrected chi connectivity index (χ2v) is 6.53. The number of thioether (sulfide) groups is 2. The van der Waals surface area contributed by atoms with Gasteiger partial charge in [0.15, 0.2) is 0 Å². The molecule has 1 aliphatic rings. The standard InChI is InChI=1S/C14H12N2O4S2/c1-20-11(18)7-21-14-9(6-15)12(19)16-13(22-14)8-4-2-3-5-10(8)17/h2-5,13,17H,7H2,1H3,(H,16,19)/t13-/m1/s1. The fraction of sp³-hybridized carbons (Fsp3) is 0.214. The van der Waals surface area contributed by atoms with E-state index in [1.807, 2.05) is 6.07 Å². The summed E-state index contributed by atoms with van der Waals surface area (Å²) in [5, 5.41) is 21.1. The number of benzene rings is 1. The van der Waals surface area contributed by atoms with Gasteiger partial charge in [0.1, 0.15) is 22.8 Å². The predicted octanol–water partition coefficient (Wildman–Crippen LogP) is 1.90. The Morgan fingerprint density at radius 2 is 2.27 bits per heavy atom. The third-order valence-electron chi connectivity index (χ3n) is 2.80. The van der Waals surface area contributed by atoms with E-state index in [9.17, 15) is 14.7 Å². The maximum atomic E-state index is 12.0. The second-order valence-electron chi connectivity index (χ2n) is 4.17. The van der Waals surface area contributed by atoms with Crippen LogP contribution < -0.4 is 5.32 Å². The van der Waals surface area contributed by atoms with E-state index in [0.717, 1.165) is 11.8 Å². The Hall–Kier alpha value is -2.11. The minimum atomic E-state index is -0.526. The quantitative estimate of drug-likeness (QED) is 0.810.